The van der Waals surface area contributed by atoms with Crippen LogP contribution >= 0.6 is 0 Å². The van der Waals surface area contributed by atoms with Crippen molar-refractivity contribution < 1.29 is 4.84 Å². The lowest BCUT2D eigenvalue weighted by atomic mass is 10.5. The number of hydrogen-bond acceptors (Lipinski definition) is 3. The van der Waals surface area contributed by atoms with Crippen molar-refractivity contribution in [3.8, 4) is 5.75 Å². The van der Waals surface area contributed by atoms with Crippen molar-refractivity contribution in [1.29, 1.82) is 0 Å². The normalized spacial score (nSPS) is 8.40. The van der Waals surface area contributed by atoms with Gasteiger partial charge < -0.3 is 4.84 Å². The molecule has 0 aromatic carbocycles. The summed E-state index contributed by atoms with van der Waals surface area (Å²) < 4.78 is 0. The van der Waals surface area contributed by atoms with Crippen LogP contribution < -0.4 is 10.3 Å². The predicted molar refractivity (Wildman–Crippen MR) is 38.2 cm³/mol. The monoisotopic (exact) mass is 136 g/mol. The lowest BCUT2D eigenvalue weighted by molar-refractivity contribution is 0.242. The van der Waals surface area contributed by atoms with E-state index in [4.69, 9.17) is 4.84 Å². The Labute approximate surface area is 59.3 Å². The molecule has 0 aliphatic carbocycles. The Balaban J connectivity index is 2.50. The van der Waals surface area contributed by atoms with E-state index < -0.39 is 0 Å². The summed E-state index contributed by atoms with van der Waals surface area (Å²) in [7, 11) is 0. The maximum atomic E-state index is 4.92. The Bertz CT molecular complexity index is 198. The van der Waals surface area contributed by atoms with Crippen LogP contribution in [-0.4, -0.2) is 4.98 Å². The Morgan fingerprint density at radius 3 is 3.20 bits per heavy atom. The Hall–Kier alpha value is -1.51. The number of hydrogen-bond donors (Lipinski definition) is 1. The Morgan fingerprint density at radius 1 is 1.70 bits per heavy atom. The standard InChI is InChI=1S/C7H8N2O/c1-2-9-10-7-4-3-5-8-6-7/h2-6,9H,1H2. The van der Waals surface area contributed by atoms with Crippen LogP contribution in [0.3, 0.4) is 0 Å². The van der Waals surface area contributed by atoms with Crippen LogP contribution in [0.1, 0.15) is 0 Å². The molecule has 3 nitrogen and oxygen atoms in total. The summed E-state index contributed by atoms with van der Waals surface area (Å²) >= 11 is 0. The second-order valence-corrected chi connectivity index (χ2v) is 1.61. The van der Waals surface area contributed by atoms with Crippen molar-refractivity contribution in [3.63, 3.8) is 0 Å². The molecule has 0 spiro atoms. The molecule has 10 heavy (non-hydrogen) atoms. The fourth-order valence-electron chi connectivity index (χ4n) is 0.517. The van der Waals surface area contributed by atoms with Gasteiger partial charge in [-0.3, -0.25) is 4.98 Å². The molecule has 1 rings (SSSR count). The zero-order chi connectivity index (χ0) is 7.23. The average molecular weight is 136 g/mol. The first-order valence-corrected chi connectivity index (χ1v) is 2.87. The zero-order valence-electron chi connectivity index (χ0n) is 5.45. The number of rotatable bonds is 3. The van der Waals surface area contributed by atoms with Gasteiger partial charge in [0.2, 0.25) is 0 Å². The first kappa shape index (κ1) is 6.61. The van der Waals surface area contributed by atoms with Crippen LogP contribution in [0.25, 0.3) is 0 Å². The van der Waals surface area contributed by atoms with Crippen LogP contribution in [0.4, 0.5) is 0 Å². The van der Waals surface area contributed by atoms with Gasteiger partial charge >= 0.3 is 0 Å². The maximum absolute atomic E-state index is 4.92. The molecular weight excluding hydrogens is 128 g/mol. The highest BCUT2D eigenvalue weighted by Crippen LogP contribution is 2.03. The largest absolute Gasteiger partial charge is 0.381 e. The van der Waals surface area contributed by atoms with Gasteiger partial charge in [-0.15, -0.1) is 0 Å². The minimum Gasteiger partial charge on any atom is -0.381 e. The maximum Gasteiger partial charge on any atom is 0.173 e. The van der Waals surface area contributed by atoms with E-state index >= 15 is 0 Å². The molecule has 0 amide bonds. The van der Waals surface area contributed by atoms with E-state index in [0.717, 1.165) is 0 Å². The Kier molecular flexibility index (Phi) is 2.31. The zero-order valence-corrected chi connectivity index (χ0v) is 5.45. The van der Waals surface area contributed by atoms with Crippen molar-refractivity contribution in [2.75, 3.05) is 0 Å². The van der Waals surface area contributed by atoms with Gasteiger partial charge in [-0.25, -0.2) is 5.48 Å². The highest BCUT2D eigenvalue weighted by molar-refractivity contribution is 5.14. The molecular formula is C7H8N2O. The second-order valence-electron chi connectivity index (χ2n) is 1.61. The van der Waals surface area contributed by atoms with Crippen molar-refractivity contribution in [3.05, 3.63) is 37.3 Å². The van der Waals surface area contributed by atoms with Gasteiger partial charge in [0.15, 0.2) is 5.75 Å². The molecule has 0 bridgehead atoms. The molecule has 1 N–H and O–H groups in total. The molecule has 0 saturated carbocycles. The summed E-state index contributed by atoms with van der Waals surface area (Å²) in [6.07, 6.45) is 4.74. The third-order valence-corrected chi connectivity index (χ3v) is 0.895. The number of aromatic nitrogens is 1. The van der Waals surface area contributed by atoms with Crippen molar-refractivity contribution in [2.45, 2.75) is 0 Å². The molecule has 1 heterocycles. The molecule has 0 atom stereocenters. The number of hydroxylamine groups is 1. The van der Waals surface area contributed by atoms with E-state index in [1.165, 1.54) is 6.20 Å². The first-order valence-electron chi connectivity index (χ1n) is 2.87. The highest BCUT2D eigenvalue weighted by atomic mass is 16.6. The van der Waals surface area contributed by atoms with Crippen LogP contribution in [0, 0.1) is 0 Å². The molecule has 0 aliphatic rings. The molecule has 1 aromatic heterocycles. The van der Waals surface area contributed by atoms with E-state index in [2.05, 4.69) is 17.0 Å². The van der Waals surface area contributed by atoms with Crippen molar-refractivity contribution in [1.82, 2.24) is 10.5 Å². The van der Waals surface area contributed by atoms with Gasteiger partial charge in [-0.05, 0) is 12.1 Å². The quantitative estimate of drug-likeness (QED) is 0.632. The molecule has 0 aliphatic heterocycles. The molecule has 0 radical (unpaired) electrons. The second kappa shape index (κ2) is 3.50. The third-order valence-electron chi connectivity index (χ3n) is 0.895. The van der Waals surface area contributed by atoms with E-state index in [0.29, 0.717) is 5.75 Å². The van der Waals surface area contributed by atoms with E-state index in [9.17, 15) is 0 Å². The topological polar surface area (TPSA) is 34.1 Å². The summed E-state index contributed by atoms with van der Waals surface area (Å²) in [5, 5.41) is 0. The number of nitrogens with one attached hydrogen (secondary N) is 1. The number of pyridine rings is 1. The van der Waals surface area contributed by atoms with Crippen molar-refractivity contribution >= 4 is 0 Å². The number of nitrogens with zero attached hydrogens (tertiary/aromatic N) is 1. The first-order chi connectivity index (χ1) is 4.93. The van der Waals surface area contributed by atoms with Crippen LogP contribution in [0.2, 0.25) is 0 Å². The van der Waals surface area contributed by atoms with Crippen LogP contribution in [0.5, 0.6) is 5.75 Å². The minimum absolute atomic E-state index is 0.669. The van der Waals surface area contributed by atoms with Crippen LogP contribution in [-0.2, 0) is 0 Å². The van der Waals surface area contributed by atoms with Gasteiger partial charge in [0.25, 0.3) is 0 Å². The lowest BCUT2D eigenvalue weighted by Gasteiger charge is -2.00. The van der Waals surface area contributed by atoms with Crippen LogP contribution in [0.15, 0.2) is 37.3 Å². The summed E-state index contributed by atoms with van der Waals surface area (Å²) in [5.41, 5.74) is 2.49. The SMILES string of the molecule is C=CNOc1cccnc1. The Morgan fingerprint density at radius 2 is 2.60 bits per heavy atom. The molecule has 0 unspecified atom stereocenters. The van der Waals surface area contributed by atoms with Gasteiger partial charge in [-0.2, -0.15) is 0 Å². The summed E-state index contributed by atoms with van der Waals surface area (Å²) in [6, 6.07) is 3.59. The lowest BCUT2D eigenvalue weighted by Crippen LogP contribution is -2.09. The average Bonchev–Trinajstić information content (AvgIpc) is 2.03. The summed E-state index contributed by atoms with van der Waals surface area (Å²) in [4.78, 5) is 8.76. The fraction of sp³-hybridized carbons (Fsp3) is 0. The van der Waals surface area contributed by atoms with E-state index in [1.807, 2.05) is 0 Å². The van der Waals surface area contributed by atoms with Gasteiger partial charge in [0.05, 0.1) is 6.20 Å². The predicted octanol–water partition coefficient (Wildman–Crippen LogP) is 1.11. The summed E-state index contributed by atoms with van der Waals surface area (Å²) in [6.45, 7) is 3.42. The van der Waals surface area contributed by atoms with Gasteiger partial charge in [-0.1, -0.05) is 6.58 Å². The minimum atomic E-state index is 0.669. The van der Waals surface area contributed by atoms with E-state index in [1.54, 1.807) is 24.5 Å². The molecule has 52 valence electrons. The summed E-state index contributed by atoms with van der Waals surface area (Å²) in [5.74, 6) is 0.669. The molecule has 0 saturated heterocycles. The molecule has 1 aromatic rings. The smallest absolute Gasteiger partial charge is 0.173 e. The van der Waals surface area contributed by atoms with Crippen molar-refractivity contribution in [2.24, 2.45) is 0 Å². The fourth-order valence-corrected chi connectivity index (χ4v) is 0.517. The van der Waals surface area contributed by atoms with Gasteiger partial charge in [0.1, 0.15) is 0 Å². The highest BCUT2D eigenvalue weighted by Gasteiger charge is 1.86. The van der Waals surface area contributed by atoms with Gasteiger partial charge in [0, 0.05) is 12.4 Å². The molecule has 3 heteroatoms. The van der Waals surface area contributed by atoms with E-state index in [-0.39, 0.29) is 0 Å². The molecule has 0 fully saturated rings. The third kappa shape index (κ3) is 1.78.